The van der Waals surface area contributed by atoms with Crippen molar-refractivity contribution in [1.82, 2.24) is 30.1 Å². The molecular formula is C37H49BN6O7S2. The predicted octanol–water partition coefficient (Wildman–Crippen LogP) is 4.13. The minimum Gasteiger partial charge on any atom is -0.496 e. The summed E-state index contributed by atoms with van der Waals surface area (Å²) in [5, 5.41) is 8.41. The van der Waals surface area contributed by atoms with E-state index in [0.29, 0.717) is 48.4 Å². The molecule has 3 aromatic rings. The number of pyridine rings is 1. The van der Waals surface area contributed by atoms with Crippen LogP contribution in [0.5, 0.6) is 11.5 Å². The molecular weight excluding hydrogens is 715 g/mol. The number of methoxy groups -OCH3 is 1. The Labute approximate surface area is 316 Å². The summed E-state index contributed by atoms with van der Waals surface area (Å²) in [5.41, 5.74) is 1.06. The van der Waals surface area contributed by atoms with Crippen LogP contribution in [-0.2, 0) is 24.4 Å². The molecule has 1 saturated heterocycles. The van der Waals surface area contributed by atoms with Crippen LogP contribution in [0.1, 0.15) is 90.8 Å². The molecule has 0 spiro atoms. The number of carbonyl (C=O) groups is 3. The second-order valence-electron chi connectivity index (χ2n) is 15.9. The summed E-state index contributed by atoms with van der Waals surface area (Å²) < 4.78 is 40.0. The molecule has 16 heteroatoms. The van der Waals surface area contributed by atoms with Gasteiger partial charge in [-0.2, -0.15) is 0 Å². The van der Waals surface area contributed by atoms with Crippen molar-refractivity contribution in [3.8, 4) is 22.2 Å². The quantitative estimate of drug-likeness (QED) is 0.215. The first kappa shape index (κ1) is 39.0. The molecule has 1 aromatic carbocycles. The third-order valence-electron chi connectivity index (χ3n) is 10.7. The number of thiazole rings is 1. The summed E-state index contributed by atoms with van der Waals surface area (Å²) >= 11 is 1.49. The van der Waals surface area contributed by atoms with E-state index in [2.05, 4.69) is 29.1 Å². The maximum absolute atomic E-state index is 14.3. The summed E-state index contributed by atoms with van der Waals surface area (Å²) in [7, 11) is 3.68. The Kier molecular flexibility index (Phi) is 10.6. The molecule has 3 N–H and O–H groups in total. The Morgan fingerprint density at radius 3 is 2.43 bits per heavy atom. The molecule has 3 heterocycles. The van der Waals surface area contributed by atoms with Crippen molar-refractivity contribution in [3.05, 3.63) is 34.8 Å². The number of likely N-dealkylation sites (tertiary alicyclic amines) is 1. The van der Waals surface area contributed by atoms with Crippen LogP contribution in [0, 0.1) is 18.3 Å². The van der Waals surface area contributed by atoms with E-state index in [9.17, 15) is 22.8 Å². The van der Waals surface area contributed by atoms with Crippen LogP contribution in [-0.4, -0.2) is 91.6 Å². The zero-order valence-corrected chi connectivity index (χ0v) is 33.2. The zero-order valence-electron chi connectivity index (χ0n) is 31.6. The summed E-state index contributed by atoms with van der Waals surface area (Å²) in [6.45, 7) is 13.6. The maximum Gasteiger partial charge on any atom is 0.259 e. The molecule has 2 radical (unpaired) electrons. The molecule has 2 saturated carbocycles. The van der Waals surface area contributed by atoms with Gasteiger partial charge in [0.05, 0.1) is 36.2 Å². The Bertz CT molecular complexity index is 2030. The first-order chi connectivity index (χ1) is 24.9. The number of carbonyl (C=O) groups excluding carboxylic acids is 3. The summed E-state index contributed by atoms with van der Waals surface area (Å²) in [6, 6.07) is 3.69. The molecule has 13 nitrogen and oxygen atoms in total. The van der Waals surface area contributed by atoms with Crippen molar-refractivity contribution in [2.45, 2.75) is 115 Å². The number of benzene rings is 1. The van der Waals surface area contributed by atoms with E-state index in [1.165, 1.54) is 16.2 Å². The highest BCUT2D eigenvalue weighted by Crippen LogP contribution is 2.47. The Morgan fingerprint density at radius 1 is 1.15 bits per heavy atom. The molecule has 3 aliphatic rings. The maximum atomic E-state index is 14.3. The van der Waals surface area contributed by atoms with Gasteiger partial charge in [-0.3, -0.25) is 19.1 Å². The zero-order chi connectivity index (χ0) is 38.6. The van der Waals surface area contributed by atoms with E-state index in [4.69, 9.17) is 27.4 Å². The van der Waals surface area contributed by atoms with Gasteiger partial charge >= 0.3 is 0 Å². The van der Waals surface area contributed by atoms with E-state index >= 15 is 0 Å². The van der Waals surface area contributed by atoms with Crippen LogP contribution in [0.15, 0.2) is 23.6 Å². The number of nitrogens with zero attached hydrogens (tertiary/aromatic N) is 3. The number of aromatic nitrogens is 2. The molecule has 2 aromatic heterocycles. The SMILES string of the molecule is [B]N[C@H](C(=O)N1C[C@H](Oc2cc(-c3nc(C(C)C)cs3)nc3c(C)c(OC)ccc23)C[C@H]1C(=O)N[C@]1(C(=O)NS(=O)(=O)C2CC2)C[C@H]1CC)C(C)(C)C. The highest BCUT2D eigenvalue weighted by Gasteiger charge is 2.62. The predicted molar refractivity (Wildman–Crippen MR) is 204 cm³/mol. The van der Waals surface area contributed by atoms with Crippen molar-refractivity contribution in [2.75, 3.05) is 13.7 Å². The van der Waals surface area contributed by atoms with Crippen molar-refractivity contribution in [1.29, 1.82) is 0 Å². The number of ether oxygens (including phenoxy) is 2. The minimum absolute atomic E-state index is 0.0562. The Balaban J connectivity index is 1.34. The molecule has 1 aliphatic heterocycles. The van der Waals surface area contributed by atoms with Crippen molar-refractivity contribution >= 4 is 58.0 Å². The van der Waals surface area contributed by atoms with Crippen LogP contribution in [0.4, 0.5) is 0 Å². The third kappa shape index (κ3) is 7.64. The first-order valence-corrected chi connectivity index (χ1v) is 20.6. The molecule has 5 atom stereocenters. The molecule has 53 heavy (non-hydrogen) atoms. The standard InChI is InChI=1S/C37H49BN6O7S2/c1-9-21-16-37(21,35(47)43-53(48,49)23-10-11-23)41-32(45)27-14-22(17-44(27)34(46)31(42-38)36(5,6)7)51-29-15-25(33-40-26(18-52-33)19(2)3)39-30-20(4)28(50-8)13-12-24(29)30/h12-13,15,18-19,21-23,27,31,42H,9-11,14,16-17H2,1-8H3,(H,41,45)(H,43,47)/t21-,22-,27+,31-,37-/m1/s1. The van der Waals surface area contributed by atoms with Gasteiger partial charge in [0.1, 0.15) is 39.9 Å². The summed E-state index contributed by atoms with van der Waals surface area (Å²) in [4.78, 5) is 53.3. The average Bonchev–Trinajstić information content (AvgIpc) is 3.97. The molecule has 284 valence electrons. The van der Waals surface area contributed by atoms with Gasteiger partial charge in [0.25, 0.3) is 5.91 Å². The van der Waals surface area contributed by atoms with Gasteiger partial charge in [0.15, 0.2) is 7.98 Å². The van der Waals surface area contributed by atoms with Gasteiger partial charge in [0.2, 0.25) is 21.8 Å². The molecule has 0 unspecified atom stereocenters. The van der Waals surface area contributed by atoms with E-state index in [1.54, 1.807) is 7.11 Å². The lowest BCUT2D eigenvalue weighted by atomic mass is 9.84. The number of hydrogen-bond acceptors (Lipinski definition) is 11. The van der Waals surface area contributed by atoms with Crippen LogP contribution in [0.25, 0.3) is 21.6 Å². The number of rotatable bonds is 13. The highest BCUT2D eigenvalue weighted by atomic mass is 32.2. The number of sulfonamides is 1. The van der Waals surface area contributed by atoms with Crippen LogP contribution in [0.2, 0.25) is 0 Å². The van der Waals surface area contributed by atoms with Gasteiger partial charge in [-0.05, 0) is 55.6 Å². The molecule has 2 aliphatic carbocycles. The molecule has 0 bridgehead atoms. The van der Waals surface area contributed by atoms with Gasteiger partial charge in [-0.25, -0.2) is 18.4 Å². The fourth-order valence-electron chi connectivity index (χ4n) is 7.18. The van der Waals surface area contributed by atoms with Crippen molar-refractivity contribution in [2.24, 2.45) is 11.3 Å². The van der Waals surface area contributed by atoms with E-state index in [-0.39, 0.29) is 24.8 Å². The lowest BCUT2D eigenvalue weighted by molar-refractivity contribution is -0.142. The minimum atomic E-state index is -3.84. The smallest absolute Gasteiger partial charge is 0.259 e. The van der Waals surface area contributed by atoms with Crippen molar-refractivity contribution < 1.29 is 32.3 Å². The highest BCUT2D eigenvalue weighted by molar-refractivity contribution is 7.91. The van der Waals surface area contributed by atoms with Gasteiger partial charge in [0, 0.05) is 28.8 Å². The second-order valence-corrected chi connectivity index (χ2v) is 18.7. The monoisotopic (exact) mass is 764 g/mol. The largest absolute Gasteiger partial charge is 0.496 e. The van der Waals surface area contributed by atoms with Gasteiger partial charge in [-0.1, -0.05) is 48.0 Å². The Morgan fingerprint density at radius 2 is 1.87 bits per heavy atom. The Hall–Kier alpha value is -3.76. The van der Waals surface area contributed by atoms with E-state index < -0.39 is 62.1 Å². The lowest BCUT2D eigenvalue weighted by Gasteiger charge is -2.35. The normalized spacial score (nSPS) is 23.6. The molecule has 3 amide bonds. The summed E-state index contributed by atoms with van der Waals surface area (Å²) in [6.07, 6.45) is 1.30. The molecule has 3 fully saturated rings. The van der Waals surface area contributed by atoms with E-state index in [1.807, 2.05) is 58.2 Å². The average molecular weight is 765 g/mol. The van der Waals surface area contributed by atoms with Crippen LogP contribution in [0.3, 0.4) is 0 Å². The van der Waals surface area contributed by atoms with Crippen LogP contribution >= 0.6 is 11.3 Å². The van der Waals surface area contributed by atoms with Gasteiger partial charge < -0.3 is 24.9 Å². The van der Waals surface area contributed by atoms with E-state index in [0.717, 1.165) is 21.7 Å². The topological polar surface area (TPSA) is 169 Å². The van der Waals surface area contributed by atoms with Crippen LogP contribution < -0.4 is 24.7 Å². The summed E-state index contributed by atoms with van der Waals surface area (Å²) in [5.74, 6) is -0.541. The number of aryl methyl sites for hydroxylation is 1. The lowest BCUT2D eigenvalue weighted by Crippen LogP contribution is -2.59. The second kappa shape index (κ2) is 14.5. The van der Waals surface area contributed by atoms with Crippen molar-refractivity contribution in [3.63, 3.8) is 0 Å². The number of fused-ring (bicyclic) bond motifs is 1. The van der Waals surface area contributed by atoms with Gasteiger partial charge in [-0.15, -0.1) is 11.3 Å². The number of nitrogens with one attached hydrogen (secondary N) is 3. The fraction of sp³-hybridized carbons (Fsp3) is 0.595. The molecule has 6 rings (SSSR count). The fourth-order valence-corrected chi connectivity index (χ4v) is 9.49. The third-order valence-corrected chi connectivity index (χ3v) is 13.4. The number of hydrogen-bond donors (Lipinski definition) is 3. The number of amides is 3. The first-order valence-electron chi connectivity index (χ1n) is 18.2.